The van der Waals surface area contributed by atoms with Crippen molar-refractivity contribution < 1.29 is 0 Å². The molecule has 2 aromatic rings. The van der Waals surface area contributed by atoms with Crippen LogP contribution in [0.4, 0.5) is 5.82 Å². The van der Waals surface area contributed by atoms with Crippen LogP contribution in [0.1, 0.15) is 5.56 Å². The molecule has 13 heavy (non-hydrogen) atoms. The number of pyridine rings is 1. The Hall–Kier alpha value is -1.77. The number of aryl methyl sites for hydroxylation is 1. The van der Waals surface area contributed by atoms with E-state index in [-0.39, 0.29) is 0 Å². The highest BCUT2D eigenvalue weighted by Gasteiger charge is 1.92. The Kier molecular flexibility index (Phi) is 2.00. The summed E-state index contributed by atoms with van der Waals surface area (Å²) in [6, 6.07) is 7.90. The predicted octanol–water partition coefficient (Wildman–Crippen LogP) is 2.07. The minimum atomic E-state index is 0.858. The maximum Gasteiger partial charge on any atom is 0.145 e. The second-order valence-electron chi connectivity index (χ2n) is 2.92. The molecule has 3 heteroatoms. The van der Waals surface area contributed by atoms with E-state index in [1.54, 1.807) is 6.20 Å². The third-order valence-corrected chi connectivity index (χ3v) is 1.76. The molecule has 0 saturated heterocycles. The van der Waals surface area contributed by atoms with Gasteiger partial charge in [0.2, 0.25) is 0 Å². The lowest BCUT2D eigenvalue weighted by atomic mass is 10.3. The summed E-state index contributed by atoms with van der Waals surface area (Å²) in [6.07, 6.45) is 5.66. The zero-order chi connectivity index (χ0) is 9.10. The van der Waals surface area contributed by atoms with Crippen LogP contribution < -0.4 is 5.43 Å². The summed E-state index contributed by atoms with van der Waals surface area (Å²) in [7, 11) is 0. The van der Waals surface area contributed by atoms with Gasteiger partial charge in [-0.2, -0.15) is 0 Å². The summed E-state index contributed by atoms with van der Waals surface area (Å²) in [5.74, 6) is 0.858. The van der Waals surface area contributed by atoms with Crippen LogP contribution in [0.15, 0.2) is 42.9 Å². The Morgan fingerprint density at radius 3 is 2.77 bits per heavy atom. The van der Waals surface area contributed by atoms with Gasteiger partial charge in [-0.15, -0.1) is 0 Å². The Morgan fingerprint density at radius 1 is 1.31 bits per heavy atom. The fourth-order valence-corrected chi connectivity index (χ4v) is 1.14. The fraction of sp³-hybridized carbons (Fsp3) is 0.100. The lowest BCUT2D eigenvalue weighted by Gasteiger charge is -2.06. The van der Waals surface area contributed by atoms with E-state index in [4.69, 9.17) is 0 Å². The molecule has 2 rings (SSSR count). The topological polar surface area (TPSA) is 29.9 Å². The highest BCUT2D eigenvalue weighted by atomic mass is 15.4. The second kappa shape index (κ2) is 3.31. The smallest absolute Gasteiger partial charge is 0.145 e. The van der Waals surface area contributed by atoms with E-state index in [1.807, 2.05) is 48.3 Å². The van der Waals surface area contributed by atoms with Crippen molar-refractivity contribution in [3.8, 4) is 0 Å². The monoisotopic (exact) mass is 173 g/mol. The van der Waals surface area contributed by atoms with Gasteiger partial charge < -0.3 is 0 Å². The number of rotatable bonds is 2. The van der Waals surface area contributed by atoms with Gasteiger partial charge in [-0.25, -0.2) is 4.98 Å². The van der Waals surface area contributed by atoms with Gasteiger partial charge in [0.05, 0.1) is 0 Å². The number of nitrogens with zero attached hydrogens (tertiary/aromatic N) is 2. The van der Waals surface area contributed by atoms with Gasteiger partial charge in [0.25, 0.3) is 0 Å². The zero-order valence-electron chi connectivity index (χ0n) is 7.44. The van der Waals surface area contributed by atoms with Crippen LogP contribution in [-0.2, 0) is 0 Å². The summed E-state index contributed by atoms with van der Waals surface area (Å²) < 4.78 is 1.86. The van der Waals surface area contributed by atoms with E-state index >= 15 is 0 Å². The van der Waals surface area contributed by atoms with Crippen molar-refractivity contribution in [2.45, 2.75) is 6.92 Å². The molecule has 0 aliphatic carbocycles. The van der Waals surface area contributed by atoms with Crippen molar-refractivity contribution in [3.05, 3.63) is 48.4 Å². The molecule has 0 bridgehead atoms. The minimum Gasteiger partial charge on any atom is -0.278 e. The number of nitrogens with one attached hydrogen (secondary N) is 1. The van der Waals surface area contributed by atoms with E-state index in [9.17, 15) is 0 Å². The average molecular weight is 173 g/mol. The molecule has 66 valence electrons. The van der Waals surface area contributed by atoms with Crippen molar-refractivity contribution in [3.63, 3.8) is 0 Å². The Balaban J connectivity index is 2.19. The first-order valence-electron chi connectivity index (χ1n) is 4.17. The van der Waals surface area contributed by atoms with Crippen LogP contribution in [0.5, 0.6) is 0 Å². The van der Waals surface area contributed by atoms with Crippen molar-refractivity contribution in [1.82, 2.24) is 9.66 Å². The van der Waals surface area contributed by atoms with Crippen LogP contribution in [0, 0.1) is 6.92 Å². The summed E-state index contributed by atoms with van der Waals surface area (Å²) in [5.41, 5.74) is 4.33. The third kappa shape index (κ3) is 1.87. The molecule has 0 spiro atoms. The van der Waals surface area contributed by atoms with Crippen LogP contribution >= 0.6 is 0 Å². The zero-order valence-corrected chi connectivity index (χ0v) is 7.44. The Labute approximate surface area is 77.0 Å². The Bertz CT molecular complexity index is 379. The minimum absolute atomic E-state index is 0.858. The molecule has 0 amide bonds. The molecule has 0 fully saturated rings. The van der Waals surface area contributed by atoms with E-state index in [2.05, 4.69) is 10.4 Å². The summed E-state index contributed by atoms with van der Waals surface area (Å²) in [5, 5.41) is 0. The van der Waals surface area contributed by atoms with Gasteiger partial charge in [-0.1, -0.05) is 0 Å². The van der Waals surface area contributed by atoms with Gasteiger partial charge in [-0.3, -0.25) is 10.1 Å². The van der Waals surface area contributed by atoms with E-state index in [0.29, 0.717) is 0 Å². The number of hydrogen-bond donors (Lipinski definition) is 1. The lowest BCUT2D eigenvalue weighted by Crippen LogP contribution is -2.06. The fourth-order valence-electron chi connectivity index (χ4n) is 1.14. The molecule has 3 nitrogen and oxygen atoms in total. The molecule has 2 aromatic heterocycles. The third-order valence-electron chi connectivity index (χ3n) is 1.76. The van der Waals surface area contributed by atoms with Gasteiger partial charge in [0, 0.05) is 18.6 Å². The maximum absolute atomic E-state index is 4.18. The van der Waals surface area contributed by atoms with Crippen LogP contribution in [0.2, 0.25) is 0 Å². The van der Waals surface area contributed by atoms with Crippen LogP contribution in [-0.4, -0.2) is 9.66 Å². The normalized spacial score (nSPS) is 9.92. The van der Waals surface area contributed by atoms with E-state index in [0.717, 1.165) is 5.82 Å². The van der Waals surface area contributed by atoms with Crippen LogP contribution in [0.3, 0.4) is 0 Å². The van der Waals surface area contributed by atoms with Gasteiger partial charge in [0.15, 0.2) is 0 Å². The van der Waals surface area contributed by atoms with Crippen molar-refractivity contribution in [2.75, 3.05) is 5.43 Å². The first kappa shape index (κ1) is 7.86. The summed E-state index contributed by atoms with van der Waals surface area (Å²) in [4.78, 5) is 4.18. The highest BCUT2D eigenvalue weighted by molar-refractivity contribution is 5.36. The van der Waals surface area contributed by atoms with Gasteiger partial charge >= 0.3 is 0 Å². The number of hydrogen-bond acceptors (Lipinski definition) is 2. The molecule has 0 saturated carbocycles. The van der Waals surface area contributed by atoms with Crippen molar-refractivity contribution in [2.24, 2.45) is 0 Å². The average Bonchev–Trinajstić information content (AvgIpc) is 2.57. The van der Waals surface area contributed by atoms with Gasteiger partial charge in [-0.05, 0) is 36.8 Å². The molecule has 0 aromatic carbocycles. The second-order valence-corrected chi connectivity index (χ2v) is 2.92. The Morgan fingerprint density at radius 2 is 2.08 bits per heavy atom. The molecule has 0 radical (unpaired) electrons. The number of aromatic nitrogens is 2. The first-order chi connectivity index (χ1) is 6.34. The van der Waals surface area contributed by atoms with Crippen molar-refractivity contribution in [1.29, 1.82) is 0 Å². The molecule has 0 aliphatic rings. The van der Waals surface area contributed by atoms with E-state index < -0.39 is 0 Å². The van der Waals surface area contributed by atoms with Crippen LogP contribution in [0.25, 0.3) is 0 Å². The molecule has 0 aliphatic heterocycles. The highest BCUT2D eigenvalue weighted by Crippen LogP contribution is 2.05. The molecular weight excluding hydrogens is 162 g/mol. The largest absolute Gasteiger partial charge is 0.278 e. The van der Waals surface area contributed by atoms with Gasteiger partial charge in [0.1, 0.15) is 5.82 Å². The predicted molar refractivity (Wildman–Crippen MR) is 52.4 cm³/mol. The van der Waals surface area contributed by atoms with Crippen molar-refractivity contribution >= 4 is 5.82 Å². The molecule has 2 heterocycles. The molecule has 0 atom stereocenters. The first-order valence-corrected chi connectivity index (χ1v) is 4.17. The van der Waals surface area contributed by atoms with E-state index in [1.165, 1.54) is 5.56 Å². The maximum atomic E-state index is 4.18. The SMILES string of the molecule is Cc1ccnc(Nn2cccc2)c1. The molecule has 1 N–H and O–H groups in total. The standard InChI is InChI=1S/C10H11N3/c1-9-4-5-11-10(8-9)12-13-6-2-3-7-13/h2-8H,1H3,(H,11,12). The lowest BCUT2D eigenvalue weighted by molar-refractivity contribution is 0.951. The summed E-state index contributed by atoms with van der Waals surface area (Å²) in [6.45, 7) is 2.04. The molecular formula is C10H11N3. The molecule has 0 unspecified atom stereocenters. The number of anilines is 1. The quantitative estimate of drug-likeness (QED) is 0.753. The summed E-state index contributed by atoms with van der Waals surface area (Å²) >= 11 is 0.